The Labute approximate surface area is 163 Å². The number of carbonyl (C=O) groups excluding carboxylic acids is 1. The molecule has 0 amide bonds. The van der Waals surface area contributed by atoms with Crippen LogP contribution in [0.1, 0.15) is 62.7 Å². The fraction of sp³-hybridized carbons (Fsp3) is 0.619. The number of nitrogens with zero attached hydrogens (tertiary/aromatic N) is 3. The quantitative estimate of drug-likeness (QED) is 0.847. The molecule has 3 aliphatic carbocycles. The maximum Gasteiger partial charge on any atom is 0.216 e. The van der Waals surface area contributed by atoms with Crippen LogP contribution in [0.5, 0.6) is 5.88 Å². The average Bonchev–Trinajstić information content (AvgIpc) is 3.38. The molecule has 0 saturated heterocycles. The number of carbonyl (C=O) groups is 1. The molecule has 7 nitrogen and oxygen atoms in total. The number of Topliss-reactive ketones (excluding diaryl/α,β-unsaturated/α-hetero) is 1. The minimum absolute atomic E-state index is 0.105. The van der Waals surface area contributed by atoms with Gasteiger partial charge in [0.1, 0.15) is 5.78 Å². The Kier molecular flexibility index (Phi) is 4.23. The summed E-state index contributed by atoms with van der Waals surface area (Å²) >= 11 is 0. The van der Waals surface area contributed by atoms with Gasteiger partial charge in [0.25, 0.3) is 0 Å². The van der Waals surface area contributed by atoms with E-state index in [1.165, 1.54) is 0 Å². The first-order chi connectivity index (χ1) is 13.7. The maximum absolute atomic E-state index is 12.8. The number of aromatic nitrogens is 3. The number of hydrogen-bond donors (Lipinski definition) is 1. The van der Waals surface area contributed by atoms with Gasteiger partial charge in [0.15, 0.2) is 17.3 Å². The SMILES string of the molecule is O=C1CCCC[C@@]12CCCc1c(-c3nccc(OCC4(CO)CC4)n3)noc12. The van der Waals surface area contributed by atoms with Gasteiger partial charge in [0.05, 0.1) is 18.6 Å². The Morgan fingerprint density at radius 1 is 1.14 bits per heavy atom. The lowest BCUT2D eigenvalue weighted by Gasteiger charge is -2.36. The molecule has 0 radical (unpaired) electrons. The van der Waals surface area contributed by atoms with Crippen molar-refractivity contribution < 1.29 is 19.2 Å². The first kappa shape index (κ1) is 17.8. The molecule has 148 valence electrons. The lowest BCUT2D eigenvalue weighted by atomic mass is 9.64. The van der Waals surface area contributed by atoms with E-state index in [9.17, 15) is 9.90 Å². The lowest BCUT2D eigenvalue weighted by Crippen LogP contribution is -2.41. The zero-order chi connectivity index (χ0) is 19.2. The molecule has 28 heavy (non-hydrogen) atoms. The fourth-order valence-electron chi connectivity index (χ4n) is 4.66. The highest BCUT2D eigenvalue weighted by atomic mass is 16.5. The van der Waals surface area contributed by atoms with Crippen LogP contribution in [-0.2, 0) is 16.6 Å². The van der Waals surface area contributed by atoms with Gasteiger partial charge in [-0.15, -0.1) is 0 Å². The molecule has 2 aromatic heterocycles. The van der Waals surface area contributed by atoms with Crippen molar-refractivity contribution >= 4 is 5.78 Å². The first-order valence-electron chi connectivity index (χ1n) is 10.3. The summed E-state index contributed by atoms with van der Waals surface area (Å²) in [6, 6.07) is 1.72. The summed E-state index contributed by atoms with van der Waals surface area (Å²) in [5.74, 6) is 1.97. The molecule has 0 bridgehead atoms. The van der Waals surface area contributed by atoms with E-state index >= 15 is 0 Å². The summed E-state index contributed by atoms with van der Waals surface area (Å²) in [5.41, 5.74) is 1.00. The third kappa shape index (κ3) is 2.83. The van der Waals surface area contributed by atoms with Gasteiger partial charge in [-0.2, -0.15) is 4.98 Å². The second-order valence-corrected chi connectivity index (χ2v) is 8.57. The molecule has 2 heterocycles. The van der Waals surface area contributed by atoms with Crippen molar-refractivity contribution in [1.82, 2.24) is 15.1 Å². The van der Waals surface area contributed by atoms with Gasteiger partial charge in [-0.1, -0.05) is 11.6 Å². The molecule has 1 N–H and O–H groups in total. The van der Waals surface area contributed by atoms with Crippen molar-refractivity contribution in [2.45, 2.75) is 63.2 Å². The minimum Gasteiger partial charge on any atom is -0.477 e. The molecule has 5 rings (SSSR count). The molecule has 2 saturated carbocycles. The van der Waals surface area contributed by atoms with Crippen molar-refractivity contribution in [3.8, 4) is 17.4 Å². The molecule has 2 fully saturated rings. The second-order valence-electron chi connectivity index (χ2n) is 8.57. The van der Waals surface area contributed by atoms with E-state index < -0.39 is 5.41 Å². The fourth-order valence-corrected chi connectivity index (χ4v) is 4.66. The van der Waals surface area contributed by atoms with Crippen molar-refractivity contribution in [2.24, 2.45) is 5.41 Å². The van der Waals surface area contributed by atoms with Gasteiger partial charge in [0, 0.05) is 29.7 Å². The molecule has 0 aromatic carbocycles. The van der Waals surface area contributed by atoms with Crippen LogP contribution in [0.3, 0.4) is 0 Å². The molecule has 0 aliphatic heterocycles. The zero-order valence-electron chi connectivity index (χ0n) is 15.9. The Morgan fingerprint density at radius 2 is 2.00 bits per heavy atom. The summed E-state index contributed by atoms with van der Waals surface area (Å²) in [5, 5.41) is 13.7. The highest BCUT2D eigenvalue weighted by Crippen LogP contribution is 2.48. The van der Waals surface area contributed by atoms with E-state index in [2.05, 4.69) is 15.1 Å². The van der Waals surface area contributed by atoms with Gasteiger partial charge >= 0.3 is 0 Å². The lowest BCUT2D eigenvalue weighted by molar-refractivity contribution is -0.128. The second kappa shape index (κ2) is 6.65. The van der Waals surface area contributed by atoms with E-state index in [1.807, 2.05) is 0 Å². The minimum atomic E-state index is -0.495. The molecule has 2 aromatic rings. The zero-order valence-corrected chi connectivity index (χ0v) is 15.9. The molecule has 7 heteroatoms. The Morgan fingerprint density at radius 3 is 2.79 bits per heavy atom. The Hall–Kier alpha value is -2.28. The standard InChI is InChI=1S/C21H25N3O4/c25-12-20(9-10-20)13-27-16-6-11-22-19(23-16)17-14-4-3-8-21(18(14)28-24-17)7-2-1-5-15(21)26/h6,11,25H,1-5,7-10,12-13H2/t21-/m1/s1. The number of fused-ring (bicyclic) bond motifs is 2. The van der Waals surface area contributed by atoms with Crippen LogP contribution >= 0.6 is 0 Å². The van der Waals surface area contributed by atoms with Crippen LogP contribution in [-0.4, -0.2) is 39.2 Å². The molecule has 1 spiro atoms. The van der Waals surface area contributed by atoms with Crippen molar-refractivity contribution in [1.29, 1.82) is 0 Å². The highest BCUT2D eigenvalue weighted by Gasteiger charge is 2.48. The molecule has 1 atom stereocenters. The monoisotopic (exact) mass is 383 g/mol. The molecular formula is C21H25N3O4. The number of ether oxygens (including phenoxy) is 1. The van der Waals surface area contributed by atoms with Gasteiger partial charge in [0.2, 0.25) is 5.88 Å². The summed E-state index contributed by atoms with van der Waals surface area (Å²) < 4.78 is 11.6. The van der Waals surface area contributed by atoms with Crippen LogP contribution < -0.4 is 4.74 Å². The van der Waals surface area contributed by atoms with E-state index in [1.54, 1.807) is 12.3 Å². The number of rotatable bonds is 5. The van der Waals surface area contributed by atoms with E-state index in [4.69, 9.17) is 9.26 Å². The smallest absolute Gasteiger partial charge is 0.216 e. The summed E-state index contributed by atoms with van der Waals surface area (Å²) in [4.78, 5) is 21.7. The largest absolute Gasteiger partial charge is 0.477 e. The van der Waals surface area contributed by atoms with E-state index in [0.717, 1.165) is 62.7 Å². The molecule has 0 unspecified atom stereocenters. The topological polar surface area (TPSA) is 98.3 Å². The van der Waals surface area contributed by atoms with Crippen molar-refractivity contribution in [2.75, 3.05) is 13.2 Å². The molecular weight excluding hydrogens is 358 g/mol. The van der Waals surface area contributed by atoms with Crippen LogP contribution in [0.25, 0.3) is 11.5 Å². The van der Waals surface area contributed by atoms with Crippen molar-refractivity contribution in [3.63, 3.8) is 0 Å². The highest BCUT2D eigenvalue weighted by molar-refractivity contribution is 5.91. The normalized spacial score (nSPS) is 25.5. The van der Waals surface area contributed by atoms with Crippen molar-refractivity contribution in [3.05, 3.63) is 23.6 Å². The van der Waals surface area contributed by atoms with Crippen LogP contribution in [0.2, 0.25) is 0 Å². The van der Waals surface area contributed by atoms with Gasteiger partial charge in [-0.3, -0.25) is 4.79 Å². The maximum atomic E-state index is 12.8. The van der Waals surface area contributed by atoms with E-state index in [-0.39, 0.29) is 12.0 Å². The van der Waals surface area contributed by atoms with Gasteiger partial charge in [-0.25, -0.2) is 4.98 Å². The predicted octanol–water partition coefficient (Wildman–Crippen LogP) is 3.00. The third-order valence-corrected chi connectivity index (χ3v) is 6.70. The number of aliphatic hydroxyl groups is 1. The van der Waals surface area contributed by atoms with Gasteiger partial charge in [-0.05, 0) is 44.9 Å². The number of hydrogen-bond acceptors (Lipinski definition) is 7. The number of aliphatic hydroxyl groups excluding tert-OH is 1. The van der Waals surface area contributed by atoms with Crippen LogP contribution in [0.15, 0.2) is 16.8 Å². The Balaban J connectivity index is 1.44. The first-order valence-corrected chi connectivity index (χ1v) is 10.3. The summed E-state index contributed by atoms with van der Waals surface area (Å²) in [6.45, 7) is 0.590. The number of ketones is 1. The van der Waals surface area contributed by atoms with E-state index in [0.29, 0.717) is 36.2 Å². The summed E-state index contributed by atoms with van der Waals surface area (Å²) in [7, 11) is 0. The average molecular weight is 383 g/mol. The van der Waals surface area contributed by atoms with Crippen LogP contribution in [0.4, 0.5) is 0 Å². The Bertz CT molecular complexity index is 905. The molecule has 3 aliphatic rings. The van der Waals surface area contributed by atoms with Crippen LogP contribution in [0, 0.1) is 5.41 Å². The predicted molar refractivity (Wildman–Crippen MR) is 99.9 cm³/mol. The summed E-state index contributed by atoms with van der Waals surface area (Å²) in [6.07, 6.45) is 9.73. The van der Waals surface area contributed by atoms with Gasteiger partial charge < -0.3 is 14.4 Å². The third-order valence-electron chi connectivity index (χ3n) is 6.70.